The minimum atomic E-state index is -1.89. The second kappa shape index (κ2) is 15.1. The number of ketones is 2. The van der Waals surface area contributed by atoms with Crippen molar-refractivity contribution in [3.63, 3.8) is 0 Å². The maximum absolute atomic E-state index is 14.3. The number of fused-ring (bicyclic) bond motifs is 3. The summed E-state index contributed by atoms with van der Waals surface area (Å²) in [6.07, 6.45) is -8.05. The Balaban J connectivity index is 1.29. The number of aliphatic hydroxyl groups is 5. The number of carbonyl (C=O) groups excluding carboxylic acids is 4. The van der Waals surface area contributed by atoms with Crippen LogP contribution in [0.5, 0.6) is 11.5 Å². The first-order valence-electron chi connectivity index (χ1n) is 18.6. The molecule has 17 heteroatoms. The number of nitrogens with zero attached hydrogens (tertiary/aromatic N) is 2. The summed E-state index contributed by atoms with van der Waals surface area (Å²) in [5.41, 5.74) is -0.150. The Morgan fingerprint density at radius 3 is 2.39 bits per heavy atom. The maximum Gasteiger partial charge on any atom is 0.284 e. The van der Waals surface area contributed by atoms with Gasteiger partial charge in [-0.3, -0.25) is 25.1 Å². The van der Waals surface area contributed by atoms with Crippen LogP contribution < -0.4 is 19.7 Å². The number of amidine groups is 1. The second-order valence-corrected chi connectivity index (χ2v) is 14.8. The molecule has 17 nitrogen and oxygen atoms in total. The molecule has 7 atom stereocenters. The van der Waals surface area contributed by atoms with Gasteiger partial charge in [-0.25, -0.2) is 9.89 Å². The van der Waals surface area contributed by atoms with Gasteiger partial charge in [0.2, 0.25) is 18.0 Å². The number of aliphatic imine (C=N–C) groups is 2. The molecule has 3 aliphatic heterocycles. The van der Waals surface area contributed by atoms with Crippen LogP contribution in [-0.2, 0) is 20.7 Å². The van der Waals surface area contributed by atoms with Crippen LogP contribution in [0.4, 0.5) is 5.69 Å². The van der Waals surface area contributed by atoms with E-state index in [2.05, 4.69) is 15.3 Å². The molecule has 0 spiro atoms. The van der Waals surface area contributed by atoms with Crippen LogP contribution in [0.15, 0.2) is 64.6 Å². The summed E-state index contributed by atoms with van der Waals surface area (Å²) in [5.74, 6) is -2.35. The van der Waals surface area contributed by atoms with Crippen molar-refractivity contribution in [2.75, 3.05) is 13.3 Å². The van der Waals surface area contributed by atoms with Crippen molar-refractivity contribution in [1.29, 1.82) is 5.41 Å². The Bertz CT molecular complexity index is 2250. The normalized spacial score (nSPS) is 26.8. The molecule has 1 saturated carbocycles. The fraction of sp³-hybridized carbons (Fsp3) is 0.375. The second-order valence-electron chi connectivity index (χ2n) is 14.8. The van der Waals surface area contributed by atoms with Gasteiger partial charge in [0.05, 0.1) is 17.3 Å². The number of aliphatic hydroxyl groups excluding tert-OH is 4. The molecule has 0 aromatic heterocycles. The Morgan fingerprint density at radius 2 is 1.65 bits per heavy atom. The molecule has 5 aliphatic rings. The zero-order valence-corrected chi connectivity index (χ0v) is 30.4. The van der Waals surface area contributed by atoms with Crippen molar-refractivity contribution in [3.05, 3.63) is 88.0 Å². The van der Waals surface area contributed by atoms with Gasteiger partial charge in [0.1, 0.15) is 43.0 Å². The number of rotatable bonds is 11. The van der Waals surface area contributed by atoms with E-state index in [0.29, 0.717) is 35.3 Å². The lowest BCUT2D eigenvalue weighted by Gasteiger charge is -2.45. The highest BCUT2D eigenvalue weighted by molar-refractivity contribution is 6.68. The zero-order valence-electron chi connectivity index (χ0n) is 30.4. The quantitative estimate of drug-likeness (QED) is 0.0876. The van der Waals surface area contributed by atoms with E-state index < -0.39 is 66.5 Å². The van der Waals surface area contributed by atoms with Crippen molar-refractivity contribution in [3.8, 4) is 11.5 Å². The number of hydrogen-bond acceptors (Lipinski definition) is 14. The Labute approximate surface area is 324 Å². The molecule has 2 fully saturated rings. The Hall–Kier alpha value is -5.53. The molecule has 1 saturated heterocycles. The summed E-state index contributed by atoms with van der Waals surface area (Å²) in [4.78, 5) is 61.7. The average molecular weight is 783 g/mol. The third-order valence-corrected chi connectivity index (χ3v) is 11.1. The van der Waals surface area contributed by atoms with E-state index in [1.54, 1.807) is 36.4 Å². The van der Waals surface area contributed by atoms with Gasteiger partial charge in [-0.15, -0.1) is 0 Å². The van der Waals surface area contributed by atoms with Gasteiger partial charge in [-0.1, -0.05) is 55.3 Å². The molecule has 296 valence electrons. The summed E-state index contributed by atoms with van der Waals surface area (Å²) in [7, 11) is 0. The van der Waals surface area contributed by atoms with Gasteiger partial charge in [0, 0.05) is 40.7 Å². The van der Waals surface area contributed by atoms with Gasteiger partial charge in [-0.2, -0.15) is 4.99 Å². The Kier molecular flexibility index (Phi) is 10.2. The van der Waals surface area contributed by atoms with Gasteiger partial charge in [-0.05, 0) is 25.0 Å². The number of hydrogen-bond donors (Lipinski definition) is 8. The number of aldehydes is 1. The van der Waals surface area contributed by atoms with Crippen LogP contribution in [0.25, 0.3) is 0 Å². The predicted molar refractivity (Wildman–Crippen MR) is 198 cm³/mol. The highest BCUT2D eigenvalue weighted by Gasteiger charge is 2.54. The summed E-state index contributed by atoms with van der Waals surface area (Å²) in [5, 5.41) is 65.9. The molecule has 0 bridgehead atoms. The topological polar surface area (TPSA) is 262 Å². The van der Waals surface area contributed by atoms with E-state index in [9.17, 15) is 44.7 Å². The first-order valence-corrected chi connectivity index (χ1v) is 18.6. The van der Waals surface area contributed by atoms with E-state index in [-0.39, 0.29) is 89.2 Å². The third kappa shape index (κ3) is 6.76. The van der Waals surface area contributed by atoms with Crippen LogP contribution in [0.2, 0.25) is 0 Å². The Morgan fingerprint density at radius 1 is 0.947 bits per heavy atom. The van der Waals surface area contributed by atoms with Crippen LogP contribution in [-0.4, -0.2) is 122 Å². The lowest BCUT2D eigenvalue weighted by Crippen LogP contribution is -3.09. The maximum atomic E-state index is 14.3. The minimum absolute atomic E-state index is 0.0574. The number of amides is 1. The number of guanidine groups is 1. The van der Waals surface area contributed by atoms with Crippen molar-refractivity contribution >= 4 is 47.0 Å². The highest BCUT2D eigenvalue weighted by Crippen LogP contribution is 2.46. The summed E-state index contributed by atoms with van der Waals surface area (Å²) < 4.78 is 18.7. The fourth-order valence-corrected chi connectivity index (χ4v) is 8.24. The monoisotopic (exact) mass is 782 g/mol. The van der Waals surface area contributed by atoms with Crippen LogP contribution in [0.3, 0.4) is 0 Å². The number of ether oxygens (including phenoxy) is 3. The highest BCUT2D eigenvalue weighted by atomic mass is 16.7. The fourth-order valence-electron chi connectivity index (χ4n) is 8.24. The molecule has 57 heavy (non-hydrogen) atoms. The van der Waals surface area contributed by atoms with Crippen molar-refractivity contribution in [2.24, 2.45) is 9.98 Å². The first kappa shape index (κ1) is 38.3. The largest absolute Gasteiger partial charge is 0.486 e. The molecule has 3 aromatic rings. The number of benzene rings is 3. The van der Waals surface area contributed by atoms with Crippen LogP contribution >= 0.6 is 0 Å². The van der Waals surface area contributed by atoms with Gasteiger partial charge < -0.3 is 44.5 Å². The molecule has 1 amide bonds. The standard InChI is InChI=1S/C40H39N5O12/c41-39-43-36-27(37(53)44-39)42-18-45(36)25-10-4-1-7-19(25)15-20-16-24-26(29(49)23-9-3-2-8-22(23)28(24)48)34(55-17-21(47)11-14-46)33(20)56-38-32(52)30(50)31(51)35(57-38)40(54)12-5-6-13-40/h1-4,7-10,14,16,21,30-32,35,38,47,50-52,54H,5-6,11-13,15,17-18H2,(H2,41,44,53)/p+1. The van der Waals surface area contributed by atoms with Crippen molar-refractivity contribution in [2.45, 2.75) is 80.9 Å². The predicted octanol–water partition coefficient (Wildman–Crippen LogP) is -0.735. The van der Waals surface area contributed by atoms with Crippen molar-refractivity contribution < 1.29 is 63.8 Å². The number of quaternary nitrogens is 1. The summed E-state index contributed by atoms with van der Waals surface area (Å²) in [6, 6.07) is 14.7. The van der Waals surface area contributed by atoms with Crippen LogP contribution in [0.1, 0.15) is 75.1 Å². The first-order chi connectivity index (χ1) is 27.4. The molecular weight excluding hydrogens is 742 g/mol. The molecule has 0 radical (unpaired) electrons. The molecule has 8 N–H and O–H groups in total. The summed E-state index contributed by atoms with van der Waals surface area (Å²) in [6.45, 7) is -0.465. The lowest BCUT2D eigenvalue weighted by molar-refractivity contribution is -0.723. The molecule has 3 heterocycles. The van der Waals surface area contributed by atoms with E-state index in [0.717, 1.165) is 0 Å². The van der Waals surface area contributed by atoms with Crippen molar-refractivity contribution in [1.82, 2.24) is 5.32 Å². The molecule has 3 aromatic carbocycles. The summed E-state index contributed by atoms with van der Waals surface area (Å²) >= 11 is 0. The van der Waals surface area contributed by atoms with E-state index in [4.69, 9.17) is 19.6 Å². The van der Waals surface area contributed by atoms with E-state index in [1.807, 2.05) is 0 Å². The minimum Gasteiger partial charge on any atom is -0.486 e. The number of para-hydroxylation sites is 1. The van der Waals surface area contributed by atoms with Gasteiger partial charge >= 0.3 is 0 Å². The molecular formula is C40H40N5O12+. The smallest absolute Gasteiger partial charge is 0.284 e. The zero-order chi connectivity index (χ0) is 40.2. The number of carbonyl (C=O) groups is 4. The van der Waals surface area contributed by atoms with Crippen LogP contribution in [0, 0.1) is 5.41 Å². The van der Waals surface area contributed by atoms with E-state index >= 15 is 0 Å². The van der Waals surface area contributed by atoms with E-state index in [1.165, 1.54) is 18.2 Å². The third-order valence-electron chi connectivity index (χ3n) is 11.1. The lowest BCUT2D eigenvalue weighted by atomic mass is 9.81. The molecule has 7 unspecified atom stereocenters. The molecule has 2 aliphatic carbocycles. The SMILES string of the molecule is N=C1N=C2C(=NC[NH+]2c2ccccc2Cc2cc3c(c(OCC(O)CC=O)c2OC2OC(C4(O)CCCC4)C(O)C(O)C2O)C(=O)c2ccccc2C3=O)C(=O)N1. The molecule has 8 rings (SSSR count). The van der Waals surface area contributed by atoms with Gasteiger partial charge in [0.15, 0.2) is 29.7 Å². The number of nitrogens with one attached hydrogen (secondary N) is 3. The van der Waals surface area contributed by atoms with Gasteiger partial charge in [0.25, 0.3) is 11.7 Å². The average Bonchev–Trinajstić information content (AvgIpc) is 3.84.